The van der Waals surface area contributed by atoms with Crippen LogP contribution in [0.1, 0.15) is 12.8 Å². The molecule has 0 aromatic rings. The van der Waals surface area contributed by atoms with E-state index in [4.69, 9.17) is 0 Å². The molecule has 1 radical (unpaired) electrons. The second-order valence-corrected chi connectivity index (χ2v) is 2.97. The highest BCUT2D eigenvalue weighted by Gasteiger charge is 2.34. The van der Waals surface area contributed by atoms with E-state index >= 15 is 0 Å². The van der Waals surface area contributed by atoms with Gasteiger partial charge in [-0.25, -0.2) is 4.39 Å². The van der Waals surface area contributed by atoms with E-state index in [1.165, 1.54) is 12.8 Å². The molecule has 1 nitrogen and oxygen atoms in total. The van der Waals surface area contributed by atoms with Crippen LogP contribution in [0.4, 0.5) is 4.39 Å². The van der Waals surface area contributed by atoms with E-state index in [2.05, 4.69) is 11.3 Å². The average molecular weight is 128 g/mol. The van der Waals surface area contributed by atoms with Gasteiger partial charge in [-0.2, -0.15) is 0 Å². The van der Waals surface area contributed by atoms with Crippen LogP contribution in [-0.4, -0.2) is 30.2 Å². The van der Waals surface area contributed by atoms with Gasteiger partial charge in [-0.3, -0.25) is 4.90 Å². The number of alkyl halides is 1. The van der Waals surface area contributed by atoms with Crippen molar-refractivity contribution in [2.24, 2.45) is 0 Å². The van der Waals surface area contributed by atoms with Gasteiger partial charge in [-0.15, -0.1) is 0 Å². The minimum Gasteiger partial charge on any atom is -0.294 e. The maximum absolute atomic E-state index is 12.2. The van der Waals surface area contributed by atoms with E-state index in [-0.39, 0.29) is 0 Å². The Morgan fingerprint density at radius 1 is 1.33 bits per heavy atom. The summed E-state index contributed by atoms with van der Waals surface area (Å²) < 4.78 is 12.2. The highest BCUT2D eigenvalue weighted by atomic mass is 19.1. The SMILES string of the molecule is FC1CN(C2C[CH]C2)C1. The summed E-state index contributed by atoms with van der Waals surface area (Å²) in [7, 11) is 0. The highest BCUT2D eigenvalue weighted by Crippen LogP contribution is 2.28. The van der Waals surface area contributed by atoms with Gasteiger partial charge in [0.15, 0.2) is 0 Å². The molecule has 0 amide bonds. The topological polar surface area (TPSA) is 3.24 Å². The molecule has 0 N–H and O–H groups in total. The Morgan fingerprint density at radius 2 is 2.00 bits per heavy atom. The van der Waals surface area contributed by atoms with Crippen molar-refractivity contribution in [1.82, 2.24) is 4.90 Å². The Kier molecular flexibility index (Phi) is 1.22. The van der Waals surface area contributed by atoms with Crippen molar-refractivity contribution in [3.05, 3.63) is 6.42 Å². The molecule has 2 aliphatic rings. The molecular formula is C7H11FN. The van der Waals surface area contributed by atoms with Crippen molar-refractivity contribution in [3.63, 3.8) is 0 Å². The van der Waals surface area contributed by atoms with Gasteiger partial charge in [0.05, 0.1) is 0 Å². The lowest BCUT2D eigenvalue weighted by atomic mass is 9.89. The quantitative estimate of drug-likeness (QED) is 0.509. The van der Waals surface area contributed by atoms with Crippen LogP contribution in [0, 0.1) is 6.42 Å². The Balaban J connectivity index is 1.75. The summed E-state index contributed by atoms with van der Waals surface area (Å²) in [5.41, 5.74) is 0. The first-order chi connectivity index (χ1) is 4.36. The normalized spacial score (nSPS) is 31.7. The Morgan fingerprint density at radius 3 is 2.33 bits per heavy atom. The molecule has 9 heavy (non-hydrogen) atoms. The maximum atomic E-state index is 12.2. The minimum absolute atomic E-state index is 0.523. The minimum atomic E-state index is -0.523. The standard InChI is InChI=1S/C7H11FN/c8-6-4-9(5-6)7-2-1-3-7/h1,6-7H,2-5H2. The summed E-state index contributed by atoms with van der Waals surface area (Å²) in [6.07, 6.45) is 4.11. The van der Waals surface area contributed by atoms with Crippen molar-refractivity contribution in [2.75, 3.05) is 13.1 Å². The summed E-state index contributed by atoms with van der Waals surface area (Å²) in [6, 6.07) is 0.706. The molecule has 1 aliphatic carbocycles. The van der Waals surface area contributed by atoms with Crippen molar-refractivity contribution in [3.8, 4) is 0 Å². The van der Waals surface area contributed by atoms with Crippen LogP contribution < -0.4 is 0 Å². The lowest BCUT2D eigenvalue weighted by molar-refractivity contribution is 0.0124. The molecular weight excluding hydrogens is 117 g/mol. The fourth-order valence-corrected chi connectivity index (χ4v) is 1.37. The van der Waals surface area contributed by atoms with Crippen molar-refractivity contribution < 1.29 is 4.39 Å². The van der Waals surface area contributed by atoms with Gasteiger partial charge in [-0.05, 0) is 19.3 Å². The Bertz CT molecular complexity index is 105. The fraction of sp³-hybridized carbons (Fsp3) is 0.857. The van der Waals surface area contributed by atoms with Crippen LogP contribution in [0.15, 0.2) is 0 Å². The number of halogens is 1. The number of hydrogen-bond acceptors (Lipinski definition) is 1. The zero-order chi connectivity index (χ0) is 6.27. The monoisotopic (exact) mass is 128 g/mol. The largest absolute Gasteiger partial charge is 0.294 e. The van der Waals surface area contributed by atoms with Crippen molar-refractivity contribution >= 4 is 0 Å². The molecule has 51 valence electrons. The third-order valence-electron chi connectivity index (χ3n) is 2.26. The third kappa shape index (κ3) is 0.855. The second kappa shape index (κ2) is 1.94. The van der Waals surface area contributed by atoms with Gasteiger partial charge in [0, 0.05) is 19.1 Å². The van der Waals surface area contributed by atoms with Gasteiger partial charge in [0.1, 0.15) is 6.17 Å². The lowest BCUT2D eigenvalue weighted by Gasteiger charge is -2.44. The molecule has 0 spiro atoms. The summed E-state index contributed by atoms with van der Waals surface area (Å²) in [6.45, 7) is 1.39. The van der Waals surface area contributed by atoms with E-state index in [9.17, 15) is 4.39 Å². The van der Waals surface area contributed by atoms with E-state index in [1.807, 2.05) is 0 Å². The van der Waals surface area contributed by atoms with E-state index in [0.717, 1.165) is 0 Å². The van der Waals surface area contributed by atoms with Crippen LogP contribution in [-0.2, 0) is 0 Å². The smallest absolute Gasteiger partial charge is 0.125 e. The average Bonchev–Trinajstić information content (AvgIpc) is 1.57. The molecule has 1 heterocycles. The van der Waals surface area contributed by atoms with Crippen LogP contribution >= 0.6 is 0 Å². The van der Waals surface area contributed by atoms with Gasteiger partial charge in [0.2, 0.25) is 0 Å². The summed E-state index contributed by atoms with van der Waals surface area (Å²) in [5, 5.41) is 0. The zero-order valence-electron chi connectivity index (χ0n) is 5.39. The molecule has 2 fully saturated rings. The molecule has 2 rings (SSSR count). The van der Waals surface area contributed by atoms with Gasteiger partial charge in [-0.1, -0.05) is 0 Å². The van der Waals surface area contributed by atoms with Crippen LogP contribution in [0.3, 0.4) is 0 Å². The van der Waals surface area contributed by atoms with Crippen molar-refractivity contribution in [2.45, 2.75) is 25.1 Å². The predicted octanol–water partition coefficient (Wildman–Crippen LogP) is 1.01. The van der Waals surface area contributed by atoms with Gasteiger partial charge < -0.3 is 0 Å². The number of likely N-dealkylation sites (tertiary alicyclic amines) is 1. The molecule has 1 saturated heterocycles. The lowest BCUT2D eigenvalue weighted by Crippen LogP contribution is -2.55. The molecule has 1 aliphatic heterocycles. The fourth-order valence-electron chi connectivity index (χ4n) is 1.37. The summed E-state index contributed by atoms with van der Waals surface area (Å²) >= 11 is 0. The molecule has 1 saturated carbocycles. The van der Waals surface area contributed by atoms with Crippen molar-refractivity contribution in [1.29, 1.82) is 0 Å². The maximum Gasteiger partial charge on any atom is 0.125 e. The second-order valence-electron chi connectivity index (χ2n) is 2.97. The first-order valence-corrected chi connectivity index (χ1v) is 3.56. The van der Waals surface area contributed by atoms with Crippen LogP contribution in [0.2, 0.25) is 0 Å². The third-order valence-corrected chi connectivity index (χ3v) is 2.26. The molecule has 0 aromatic carbocycles. The number of nitrogens with zero attached hydrogens (tertiary/aromatic N) is 1. The van der Waals surface area contributed by atoms with Crippen LogP contribution in [0.5, 0.6) is 0 Å². The van der Waals surface area contributed by atoms with Crippen LogP contribution in [0.25, 0.3) is 0 Å². The Hall–Kier alpha value is -0.110. The Labute approximate surface area is 54.8 Å². The number of rotatable bonds is 1. The first-order valence-electron chi connectivity index (χ1n) is 3.56. The zero-order valence-corrected chi connectivity index (χ0v) is 5.39. The van der Waals surface area contributed by atoms with E-state index < -0.39 is 6.17 Å². The molecule has 0 unspecified atom stereocenters. The highest BCUT2D eigenvalue weighted by molar-refractivity contribution is 4.97. The molecule has 0 bridgehead atoms. The van der Waals surface area contributed by atoms with E-state index in [1.54, 1.807) is 0 Å². The molecule has 0 aromatic heterocycles. The summed E-state index contributed by atoms with van der Waals surface area (Å²) in [4.78, 5) is 2.23. The number of hydrogen-bond donors (Lipinski definition) is 0. The van der Waals surface area contributed by atoms with Gasteiger partial charge in [0.25, 0.3) is 0 Å². The van der Waals surface area contributed by atoms with E-state index in [0.29, 0.717) is 19.1 Å². The van der Waals surface area contributed by atoms with Gasteiger partial charge >= 0.3 is 0 Å². The summed E-state index contributed by atoms with van der Waals surface area (Å²) in [5.74, 6) is 0. The molecule has 0 atom stereocenters. The molecule has 2 heteroatoms. The predicted molar refractivity (Wildman–Crippen MR) is 33.8 cm³/mol. The first kappa shape index (κ1) is 5.66.